The van der Waals surface area contributed by atoms with Crippen LogP contribution in [0.1, 0.15) is 6.42 Å². The van der Waals surface area contributed by atoms with Crippen LogP contribution in [0.2, 0.25) is 0 Å². The van der Waals surface area contributed by atoms with Crippen LogP contribution < -0.4 is 16.2 Å². The van der Waals surface area contributed by atoms with E-state index in [-0.39, 0.29) is 5.82 Å². The van der Waals surface area contributed by atoms with Gasteiger partial charge in [0.05, 0.1) is 5.69 Å². The Morgan fingerprint density at radius 1 is 1.35 bits per heavy atom. The molecule has 0 spiro atoms. The maximum Gasteiger partial charge on any atom is 0.185 e. The molecule has 0 heterocycles. The molecular formula is C11H16FN3S2. The Balaban J connectivity index is 2.17. The lowest BCUT2D eigenvalue weighted by Crippen LogP contribution is -2.39. The van der Waals surface area contributed by atoms with E-state index >= 15 is 0 Å². The molecule has 0 aliphatic carbocycles. The van der Waals surface area contributed by atoms with E-state index in [1.165, 1.54) is 12.1 Å². The number of anilines is 1. The Labute approximate surface area is 111 Å². The van der Waals surface area contributed by atoms with Gasteiger partial charge in [0.1, 0.15) is 5.82 Å². The molecule has 0 unspecified atom stereocenters. The molecule has 1 aromatic carbocycles. The first-order chi connectivity index (χ1) is 8.22. The van der Waals surface area contributed by atoms with E-state index in [0.29, 0.717) is 5.11 Å². The maximum atomic E-state index is 12.6. The third kappa shape index (κ3) is 6.33. The summed E-state index contributed by atoms with van der Waals surface area (Å²) in [6, 6.07) is 6.05. The van der Waals surface area contributed by atoms with Gasteiger partial charge in [-0.3, -0.25) is 10.9 Å². The summed E-state index contributed by atoms with van der Waals surface area (Å²) in [5.74, 6) is 0.856. The number of hydrogen-bond acceptors (Lipinski definition) is 3. The number of rotatable bonds is 6. The molecule has 0 atom stereocenters. The molecule has 3 N–H and O–H groups in total. The zero-order valence-electron chi connectivity index (χ0n) is 9.63. The molecule has 17 heavy (non-hydrogen) atoms. The number of thiocarbonyl (C=S) groups is 1. The molecule has 0 fully saturated rings. The summed E-state index contributed by atoms with van der Waals surface area (Å²) >= 11 is 6.87. The van der Waals surface area contributed by atoms with Gasteiger partial charge in [-0.25, -0.2) is 4.39 Å². The van der Waals surface area contributed by atoms with E-state index in [0.717, 1.165) is 24.4 Å². The third-order valence-corrected chi connectivity index (χ3v) is 2.92. The molecule has 0 amide bonds. The largest absolute Gasteiger partial charge is 0.361 e. The molecule has 0 saturated heterocycles. The standard InChI is InChI=1S/C11H16FN3S2/c1-17-8-2-7-13-11(16)15-14-10-5-3-9(12)4-6-10/h3-6,14H,2,7-8H2,1H3,(H2,13,15,16). The van der Waals surface area contributed by atoms with Gasteiger partial charge in [-0.2, -0.15) is 11.8 Å². The topological polar surface area (TPSA) is 36.1 Å². The smallest absolute Gasteiger partial charge is 0.185 e. The highest BCUT2D eigenvalue weighted by Gasteiger charge is 1.95. The monoisotopic (exact) mass is 273 g/mol. The van der Waals surface area contributed by atoms with Crippen molar-refractivity contribution in [1.29, 1.82) is 0 Å². The minimum absolute atomic E-state index is 0.256. The number of hydrazine groups is 1. The summed E-state index contributed by atoms with van der Waals surface area (Å²) in [6.07, 6.45) is 3.15. The molecular weight excluding hydrogens is 257 g/mol. The average Bonchev–Trinajstić information content (AvgIpc) is 2.34. The fourth-order valence-electron chi connectivity index (χ4n) is 1.12. The van der Waals surface area contributed by atoms with E-state index in [9.17, 15) is 4.39 Å². The summed E-state index contributed by atoms with van der Waals surface area (Å²) < 4.78 is 12.6. The van der Waals surface area contributed by atoms with Crippen LogP contribution in [0.25, 0.3) is 0 Å². The van der Waals surface area contributed by atoms with Gasteiger partial charge in [0.2, 0.25) is 0 Å². The lowest BCUT2D eigenvalue weighted by atomic mass is 10.3. The molecule has 3 nitrogen and oxygen atoms in total. The molecule has 6 heteroatoms. The minimum atomic E-state index is -0.256. The lowest BCUT2D eigenvalue weighted by molar-refractivity contribution is 0.628. The quantitative estimate of drug-likeness (QED) is 0.421. The molecule has 1 aromatic rings. The molecule has 0 bridgehead atoms. The second-order valence-electron chi connectivity index (χ2n) is 3.36. The van der Waals surface area contributed by atoms with Gasteiger partial charge in [0.15, 0.2) is 5.11 Å². The Morgan fingerprint density at radius 3 is 2.71 bits per heavy atom. The van der Waals surface area contributed by atoms with Crippen molar-refractivity contribution in [3.05, 3.63) is 30.1 Å². The molecule has 0 radical (unpaired) electrons. The molecule has 94 valence electrons. The minimum Gasteiger partial charge on any atom is -0.361 e. The van der Waals surface area contributed by atoms with E-state index < -0.39 is 0 Å². The van der Waals surface area contributed by atoms with Gasteiger partial charge in [0.25, 0.3) is 0 Å². The highest BCUT2D eigenvalue weighted by Crippen LogP contribution is 2.06. The van der Waals surface area contributed by atoms with Crippen molar-refractivity contribution in [3.8, 4) is 0 Å². The highest BCUT2D eigenvalue weighted by molar-refractivity contribution is 7.98. The average molecular weight is 273 g/mol. The second kappa shape index (κ2) is 8.14. The summed E-state index contributed by atoms with van der Waals surface area (Å²) in [5.41, 5.74) is 6.49. The van der Waals surface area contributed by atoms with Crippen LogP contribution in [-0.4, -0.2) is 23.7 Å². The Hall–Kier alpha value is -1.01. The normalized spacial score (nSPS) is 9.76. The zero-order chi connectivity index (χ0) is 12.5. The number of nitrogens with one attached hydrogen (secondary N) is 3. The Kier molecular flexibility index (Phi) is 6.73. The van der Waals surface area contributed by atoms with Crippen molar-refractivity contribution >= 4 is 34.8 Å². The van der Waals surface area contributed by atoms with E-state index in [4.69, 9.17) is 12.2 Å². The van der Waals surface area contributed by atoms with Crippen molar-refractivity contribution in [2.75, 3.05) is 24.0 Å². The summed E-state index contributed by atoms with van der Waals surface area (Å²) in [7, 11) is 0. The number of thioether (sulfide) groups is 1. The van der Waals surface area contributed by atoms with Gasteiger partial charge in [0, 0.05) is 6.54 Å². The SMILES string of the molecule is CSCCCNC(=S)NNc1ccc(F)cc1. The van der Waals surface area contributed by atoms with Crippen molar-refractivity contribution < 1.29 is 4.39 Å². The molecule has 0 aliphatic heterocycles. The van der Waals surface area contributed by atoms with Crippen LogP contribution in [0.4, 0.5) is 10.1 Å². The van der Waals surface area contributed by atoms with Crippen molar-refractivity contribution in [1.82, 2.24) is 10.7 Å². The lowest BCUT2D eigenvalue weighted by Gasteiger charge is -2.12. The molecule has 0 saturated carbocycles. The second-order valence-corrected chi connectivity index (χ2v) is 4.75. The Bertz CT molecular complexity index is 343. The maximum absolute atomic E-state index is 12.6. The van der Waals surface area contributed by atoms with Crippen molar-refractivity contribution in [3.63, 3.8) is 0 Å². The van der Waals surface area contributed by atoms with Gasteiger partial charge < -0.3 is 5.32 Å². The molecule has 0 aromatic heterocycles. The fourth-order valence-corrected chi connectivity index (χ4v) is 1.71. The predicted octanol–water partition coefficient (Wildman–Crippen LogP) is 2.37. The van der Waals surface area contributed by atoms with Gasteiger partial charge in [-0.1, -0.05) is 0 Å². The molecule has 1 rings (SSSR count). The first kappa shape index (κ1) is 14.1. The van der Waals surface area contributed by atoms with Crippen LogP contribution in [0, 0.1) is 5.82 Å². The highest BCUT2D eigenvalue weighted by atomic mass is 32.2. The van der Waals surface area contributed by atoms with Crippen LogP contribution in [0.15, 0.2) is 24.3 Å². The zero-order valence-corrected chi connectivity index (χ0v) is 11.3. The van der Waals surface area contributed by atoms with Gasteiger partial charge >= 0.3 is 0 Å². The van der Waals surface area contributed by atoms with Gasteiger partial charge in [-0.05, 0) is 54.9 Å². The molecule has 0 aliphatic rings. The van der Waals surface area contributed by atoms with Crippen LogP contribution >= 0.6 is 24.0 Å². The summed E-state index contributed by atoms with van der Waals surface area (Å²) in [6.45, 7) is 0.845. The van der Waals surface area contributed by atoms with Crippen LogP contribution in [-0.2, 0) is 0 Å². The third-order valence-electron chi connectivity index (χ3n) is 1.98. The number of hydrogen-bond donors (Lipinski definition) is 3. The first-order valence-electron chi connectivity index (χ1n) is 5.26. The first-order valence-corrected chi connectivity index (χ1v) is 7.07. The van der Waals surface area contributed by atoms with E-state index in [2.05, 4.69) is 22.4 Å². The number of halogens is 1. The number of benzene rings is 1. The van der Waals surface area contributed by atoms with Crippen molar-refractivity contribution in [2.45, 2.75) is 6.42 Å². The van der Waals surface area contributed by atoms with Crippen LogP contribution in [0.5, 0.6) is 0 Å². The van der Waals surface area contributed by atoms with Crippen molar-refractivity contribution in [2.24, 2.45) is 0 Å². The summed E-state index contributed by atoms with van der Waals surface area (Å²) in [5, 5.41) is 3.61. The fraction of sp³-hybridized carbons (Fsp3) is 0.364. The van der Waals surface area contributed by atoms with Crippen LogP contribution in [0.3, 0.4) is 0 Å². The predicted molar refractivity (Wildman–Crippen MR) is 76.8 cm³/mol. The van der Waals surface area contributed by atoms with E-state index in [1.807, 2.05) is 11.8 Å². The van der Waals surface area contributed by atoms with E-state index in [1.54, 1.807) is 12.1 Å². The van der Waals surface area contributed by atoms with Gasteiger partial charge in [-0.15, -0.1) is 0 Å². The Morgan fingerprint density at radius 2 is 2.06 bits per heavy atom. The summed E-state index contributed by atoms with van der Waals surface area (Å²) in [4.78, 5) is 0.